The molecule has 7 aromatic rings. The number of nitrogens with two attached hydrogens (primary N) is 1. The number of ether oxygens (including phenoxy) is 6. The van der Waals surface area contributed by atoms with Crippen LogP contribution in [0.1, 0.15) is 158 Å². The maximum atomic E-state index is 15.4. The van der Waals surface area contributed by atoms with Crippen molar-refractivity contribution in [1.29, 1.82) is 0 Å². The van der Waals surface area contributed by atoms with Crippen molar-refractivity contribution in [2.24, 2.45) is 11.7 Å². The van der Waals surface area contributed by atoms with Crippen LogP contribution in [0.4, 0.5) is 19.2 Å². The van der Waals surface area contributed by atoms with E-state index < -0.39 is 207 Å². The lowest BCUT2D eigenvalue weighted by atomic mass is 10.00. The van der Waals surface area contributed by atoms with Gasteiger partial charge in [-0.2, -0.15) is 0 Å². The van der Waals surface area contributed by atoms with E-state index in [0.717, 1.165) is 24.8 Å². The molecule has 17 N–H and O–H groups in total. The Bertz CT molecular complexity index is 5220. The normalized spacial score (nSPS) is 13.6. The summed E-state index contributed by atoms with van der Waals surface area (Å²) < 4.78 is 33.8. The van der Waals surface area contributed by atoms with E-state index in [9.17, 15) is 48.3 Å². The first-order chi connectivity index (χ1) is 67.7. The fourth-order valence-corrected chi connectivity index (χ4v) is 14.8. The summed E-state index contributed by atoms with van der Waals surface area (Å²) in [5.41, 5.74) is 9.90. The number of aliphatic carboxylic acids is 1. The van der Waals surface area contributed by atoms with Crippen LogP contribution in [0.25, 0.3) is 0 Å². The van der Waals surface area contributed by atoms with E-state index in [1.165, 1.54) is 20.8 Å². The molecule has 0 saturated heterocycles. The maximum absolute atomic E-state index is 15.4. The number of unbranched alkanes of at least 4 members (excludes halogenated alkanes) is 4. The van der Waals surface area contributed by atoms with Crippen molar-refractivity contribution in [3.8, 4) is 0 Å². The van der Waals surface area contributed by atoms with E-state index in [1.54, 1.807) is 202 Å². The first-order valence-electron chi connectivity index (χ1n) is 46.6. The lowest BCUT2D eigenvalue weighted by molar-refractivity contribution is -0.147. The van der Waals surface area contributed by atoms with Crippen molar-refractivity contribution in [2.75, 3.05) is 32.7 Å². The number of rotatable bonds is 60. The van der Waals surface area contributed by atoms with Gasteiger partial charge in [-0.05, 0) is 119 Å². The third kappa shape index (κ3) is 42.8. The zero-order valence-electron chi connectivity index (χ0n) is 79.5. The third-order valence-electron chi connectivity index (χ3n) is 22.0. The van der Waals surface area contributed by atoms with Crippen LogP contribution in [0.3, 0.4) is 0 Å². The summed E-state index contributed by atoms with van der Waals surface area (Å²) in [6.45, 7) is 6.63. The van der Waals surface area contributed by atoms with Gasteiger partial charge in [-0.1, -0.05) is 257 Å². The minimum absolute atomic E-state index is 0.00577. The van der Waals surface area contributed by atoms with Crippen LogP contribution in [-0.4, -0.2) is 200 Å². The number of hydrogen-bond donors (Lipinski definition) is 16. The summed E-state index contributed by atoms with van der Waals surface area (Å²) in [7, 11) is 0. The van der Waals surface area contributed by atoms with Crippen molar-refractivity contribution in [3.05, 3.63) is 247 Å². The van der Waals surface area contributed by atoms with Gasteiger partial charge in [-0.3, -0.25) is 47.9 Å². The van der Waals surface area contributed by atoms with Gasteiger partial charge in [0.05, 0.1) is 25.4 Å². The fraction of sp³-hybridized carbons (Fsp3) is 0.430. The highest BCUT2D eigenvalue weighted by Gasteiger charge is 2.39. The quantitative estimate of drug-likeness (QED) is 0.0124. The predicted octanol–water partition coefficient (Wildman–Crippen LogP) is 10.0. The molecule has 0 aliphatic carbocycles. The van der Waals surface area contributed by atoms with Crippen molar-refractivity contribution in [1.82, 2.24) is 74.4 Å². The zero-order valence-corrected chi connectivity index (χ0v) is 82.5. The van der Waals surface area contributed by atoms with E-state index in [4.69, 9.17) is 80.6 Å². The molecule has 141 heavy (non-hydrogen) atoms. The number of alkyl carbamates (subject to hydrolysis) is 4. The zero-order chi connectivity index (χ0) is 103. The van der Waals surface area contributed by atoms with Crippen molar-refractivity contribution in [2.45, 2.75) is 237 Å². The number of nitrogens with one attached hydrogen (secondary N) is 14. The molecule has 7 rings (SSSR count). The molecule has 0 aromatic heterocycles. The highest BCUT2D eigenvalue weighted by molar-refractivity contribution is 6.32. The third-order valence-corrected chi connectivity index (χ3v) is 23.5. The van der Waals surface area contributed by atoms with E-state index in [0.29, 0.717) is 61.3 Å². The lowest BCUT2D eigenvalue weighted by Gasteiger charge is -2.30. The number of carboxylic acids is 1. The molecule has 0 fully saturated rings. The van der Waals surface area contributed by atoms with Gasteiger partial charge in [-0.15, -0.1) is 0 Å². The van der Waals surface area contributed by atoms with Crippen LogP contribution in [0.5, 0.6) is 0 Å². The largest absolute Gasteiger partial charge is 0.480 e. The van der Waals surface area contributed by atoms with Gasteiger partial charge in [0.1, 0.15) is 80.8 Å². The second kappa shape index (κ2) is 62.8. The highest BCUT2D eigenvalue weighted by atomic mass is 35.5. The second-order valence-electron chi connectivity index (χ2n) is 33.6. The summed E-state index contributed by atoms with van der Waals surface area (Å²) in [5, 5.41) is 48.0. The predicted molar refractivity (Wildman–Crippen MR) is 528 cm³/mol. The van der Waals surface area contributed by atoms with E-state index in [2.05, 4.69) is 74.4 Å². The Kier molecular flexibility index (Phi) is 51.1. The molecule has 0 unspecified atom stereocenters. The highest BCUT2D eigenvalue weighted by Crippen LogP contribution is 2.22. The van der Waals surface area contributed by atoms with Crippen molar-refractivity contribution in [3.63, 3.8) is 0 Å². The topological polar surface area (TPSA) is 526 Å². The number of hydrogen-bond acceptors (Lipinski definition) is 22. The Morgan fingerprint density at radius 2 is 0.624 bits per heavy atom. The summed E-state index contributed by atoms with van der Waals surface area (Å²) in [6.07, 6.45) is -4.72. The molecule has 0 heterocycles. The van der Waals surface area contributed by atoms with Crippen molar-refractivity contribution >= 4 is 136 Å². The monoisotopic (exact) mass is 2030 g/mol. The molecule has 0 aliphatic rings. The average Bonchev–Trinajstić information content (AvgIpc) is 0.794. The minimum Gasteiger partial charge on any atom is -0.480 e. The minimum atomic E-state index is -1.78. The number of amides is 14. The molecular weight excluding hydrogens is 1900 g/mol. The van der Waals surface area contributed by atoms with Gasteiger partial charge in [0.2, 0.25) is 59.1 Å². The summed E-state index contributed by atoms with van der Waals surface area (Å²) in [5.74, 6) is -11.6. The van der Waals surface area contributed by atoms with Crippen LogP contribution in [-0.2, 0) is 127 Å². The standard InChI is InChI=1S/C100H127Cl4N15O22/c1-7-8-9-10-20-43-84(120)111-78(45-50-106-97(132)138-58-69-35-21-25-39-73(69)101)92(126)118-85(64(5)136-56-67-31-16-12-17-32-67)95(129)115-81(48-53-109-100(135)141-61-72-38-24-28-42-76(72)104)90(124)112-77(44-49-105)89(123)113-80(47-52-108-99(134)140-60-71-37-23-27-41-75(71)103)91(125)117-83(55-66-29-14-11-15-30-66)94(128)116-82(54-62(2)3)93(127)114-79(46-51-107-98(133)139-59-70-36-22-26-40-74(70)102)88(122)110-63(4)87(121)119-86(96(130)131)65(6)137-57-68-33-18-13-19-34-68/h11-19,21-42,62-65,77-83,85-86H,7-10,20,43-61,105H2,1-6H3,(H,106,132)(H,107,133)(H,108,134)(H,109,135)(H,110,122)(H,111,120)(H,112,124)(H,113,123)(H,114,127)(H,115,129)(H,116,128)(H,117,125)(H,118,126)(H,119,121)(H,130,131)/t63-,64+,65+,77-,78-,79-,80-,81-,82-,83+,85-,86-/m0/s1. The number of carbonyl (C=O) groups is 15. The molecule has 37 nitrogen and oxygen atoms in total. The smallest absolute Gasteiger partial charge is 0.407 e. The number of carbonyl (C=O) groups excluding carboxylic acids is 14. The van der Waals surface area contributed by atoms with E-state index >= 15 is 28.8 Å². The molecule has 762 valence electrons. The van der Waals surface area contributed by atoms with Gasteiger partial charge in [0.25, 0.3) is 0 Å². The molecular formula is C100H127Cl4N15O22. The Hall–Kier alpha value is -13.2. The van der Waals surface area contributed by atoms with Crippen LogP contribution in [0, 0.1) is 5.92 Å². The maximum Gasteiger partial charge on any atom is 0.407 e. The molecule has 7 aromatic carbocycles. The Morgan fingerprint density at radius 1 is 0.319 bits per heavy atom. The van der Waals surface area contributed by atoms with E-state index in [1.807, 2.05) is 6.92 Å². The Balaban J connectivity index is 1.19. The molecule has 0 spiro atoms. The first-order valence-corrected chi connectivity index (χ1v) is 48.1. The summed E-state index contributed by atoms with van der Waals surface area (Å²) in [4.78, 5) is 215. The van der Waals surface area contributed by atoms with Gasteiger partial charge < -0.3 is 114 Å². The average molecular weight is 2030 g/mol. The Labute approximate surface area is 839 Å². The number of carboxylic acid groups (broad SMARTS) is 1. The van der Waals surface area contributed by atoms with Gasteiger partial charge in [0, 0.05) is 81.4 Å². The van der Waals surface area contributed by atoms with Crippen LogP contribution in [0.2, 0.25) is 20.1 Å². The number of halogens is 4. The Morgan fingerprint density at radius 3 is 1.00 bits per heavy atom. The molecule has 0 aliphatic heterocycles. The molecule has 41 heteroatoms. The molecule has 0 radical (unpaired) electrons. The SMILES string of the molecule is CCCCCCCC(=O)N[C@@H](CCNC(=O)OCc1ccccc1Cl)C(=O)N[C@H](C(=O)N[C@@H](CCNC(=O)OCc1ccccc1Cl)C(=O)N[C@@H](CCN)C(=O)N[C@@H](CCNC(=O)OCc1ccccc1Cl)C(=O)N[C@H](Cc1ccccc1)C(=O)N[C@@H](CC(C)C)C(=O)N[C@@H](CCNC(=O)OCc1ccccc1Cl)C(=O)N[C@@H](C)C(=O)N[C@H](C(=O)O)[C@@H](C)OCc1ccccc1)[C@@H](C)OCc1ccccc1. The molecule has 0 saturated carbocycles. The van der Waals surface area contributed by atoms with Crippen LogP contribution < -0.4 is 80.2 Å². The van der Waals surface area contributed by atoms with Gasteiger partial charge in [-0.25, -0.2) is 24.0 Å². The fourth-order valence-electron chi connectivity index (χ4n) is 14.0. The van der Waals surface area contributed by atoms with Gasteiger partial charge in [0.15, 0.2) is 6.04 Å². The van der Waals surface area contributed by atoms with E-state index in [-0.39, 0.29) is 90.0 Å². The van der Waals surface area contributed by atoms with Crippen molar-refractivity contribution < 1.29 is 105 Å². The molecule has 0 bridgehead atoms. The summed E-state index contributed by atoms with van der Waals surface area (Å²) >= 11 is 25.4. The van der Waals surface area contributed by atoms with Gasteiger partial charge >= 0.3 is 30.3 Å². The molecule has 12 atom stereocenters. The second-order valence-corrected chi connectivity index (χ2v) is 35.3. The molecule has 14 amide bonds. The van der Waals surface area contributed by atoms with Crippen LogP contribution >= 0.6 is 46.4 Å². The number of benzene rings is 7. The lowest BCUT2D eigenvalue weighted by Crippen LogP contribution is -2.62. The summed E-state index contributed by atoms with van der Waals surface area (Å²) in [6, 6.07) is 35.9. The van der Waals surface area contributed by atoms with Crippen LogP contribution in [0.15, 0.2) is 188 Å². The first kappa shape index (κ1) is 115.